The molecule has 0 aliphatic carbocycles. The summed E-state index contributed by atoms with van der Waals surface area (Å²) in [7, 11) is 0. The maximum atomic E-state index is 13.2. The summed E-state index contributed by atoms with van der Waals surface area (Å²) in [6, 6.07) is 12.9. The molecule has 6 nitrogen and oxygen atoms in total. The number of ether oxygens (including phenoxy) is 4. The number of nitrogens with zero attached hydrogens (tertiary/aromatic N) is 1. The number of carbonyl (C=O) groups is 1. The van der Waals surface area contributed by atoms with Gasteiger partial charge >= 0.3 is 0 Å². The Morgan fingerprint density at radius 3 is 2.71 bits per heavy atom. The van der Waals surface area contributed by atoms with Crippen molar-refractivity contribution in [1.29, 1.82) is 0 Å². The molecule has 8 heteroatoms. The Labute approximate surface area is 206 Å². The summed E-state index contributed by atoms with van der Waals surface area (Å²) in [5.41, 5.74) is 4.05. The lowest BCUT2D eigenvalue weighted by molar-refractivity contribution is 0.0876. The van der Waals surface area contributed by atoms with E-state index in [1.54, 1.807) is 24.3 Å². The van der Waals surface area contributed by atoms with Crippen molar-refractivity contribution in [3.63, 3.8) is 0 Å². The molecule has 3 heterocycles. The second-order valence-corrected chi connectivity index (χ2v) is 9.26. The van der Waals surface area contributed by atoms with Gasteiger partial charge in [-0.2, -0.15) is 0 Å². The number of hydrogen-bond donors (Lipinski definition) is 0. The largest absolute Gasteiger partial charge is 0.477 e. The van der Waals surface area contributed by atoms with Gasteiger partial charge in [0, 0.05) is 34.3 Å². The minimum atomic E-state index is -0.181. The van der Waals surface area contributed by atoms with Crippen LogP contribution in [0.15, 0.2) is 48.2 Å². The van der Waals surface area contributed by atoms with E-state index in [4.69, 9.17) is 42.1 Å². The molecule has 0 saturated heterocycles. The van der Waals surface area contributed by atoms with Crippen LogP contribution in [0.5, 0.6) is 23.0 Å². The Morgan fingerprint density at radius 1 is 1.00 bits per heavy atom. The standard InChI is InChI=1S/C26H19Cl2NO5/c1-14-25-17(11-29(12-31-25)10-15-2-5-21-22(6-15)33-13-32-21)7-19-24(30)23(34-26(14)19)8-16-3-4-18(27)9-20(16)28/h2-9H,10-13H2,1H3/b23-8-. The van der Waals surface area contributed by atoms with Crippen LogP contribution in [0, 0.1) is 6.92 Å². The van der Waals surface area contributed by atoms with Gasteiger partial charge in [0.1, 0.15) is 18.2 Å². The molecule has 0 atom stereocenters. The molecule has 0 spiro atoms. The van der Waals surface area contributed by atoms with Gasteiger partial charge in [-0.15, -0.1) is 0 Å². The van der Waals surface area contributed by atoms with Crippen LogP contribution in [-0.4, -0.2) is 24.2 Å². The van der Waals surface area contributed by atoms with E-state index in [1.165, 1.54) is 0 Å². The number of Topliss-reactive ketones (excluding diaryl/α,β-unsaturated/α-hetero) is 1. The number of allylic oxidation sites excluding steroid dienone is 1. The molecular weight excluding hydrogens is 477 g/mol. The fourth-order valence-corrected chi connectivity index (χ4v) is 4.92. The predicted octanol–water partition coefficient (Wildman–Crippen LogP) is 6.00. The van der Waals surface area contributed by atoms with Crippen molar-refractivity contribution < 1.29 is 23.7 Å². The van der Waals surface area contributed by atoms with Gasteiger partial charge in [0.25, 0.3) is 0 Å². The molecule has 34 heavy (non-hydrogen) atoms. The molecule has 0 radical (unpaired) electrons. The summed E-state index contributed by atoms with van der Waals surface area (Å²) in [6.45, 7) is 3.92. The topological polar surface area (TPSA) is 57.2 Å². The monoisotopic (exact) mass is 495 g/mol. The van der Waals surface area contributed by atoms with Crippen molar-refractivity contribution in [3.8, 4) is 23.0 Å². The molecule has 172 valence electrons. The smallest absolute Gasteiger partial charge is 0.231 e. The van der Waals surface area contributed by atoms with Crippen LogP contribution in [0.3, 0.4) is 0 Å². The van der Waals surface area contributed by atoms with E-state index in [0.29, 0.717) is 46.7 Å². The van der Waals surface area contributed by atoms with Crippen molar-refractivity contribution in [2.75, 3.05) is 13.5 Å². The van der Waals surface area contributed by atoms with Crippen molar-refractivity contribution in [2.45, 2.75) is 20.0 Å². The molecule has 0 aromatic heterocycles. The molecule has 3 aliphatic rings. The van der Waals surface area contributed by atoms with Gasteiger partial charge < -0.3 is 18.9 Å². The molecule has 0 bridgehead atoms. The maximum absolute atomic E-state index is 13.2. The average Bonchev–Trinajstić information content (AvgIpc) is 3.40. The SMILES string of the molecule is Cc1c2c(cc3c1O/C(=C\c1ccc(Cl)cc1Cl)C3=O)CN(Cc1ccc3c(c1)OCO3)CO2. The molecule has 3 aromatic rings. The molecule has 0 N–H and O–H groups in total. The van der Waals surface area contributed by atoms with Crippen LogP contribution in [0.2, 0.25) is 10.0 Å². The molecule has 0 amide bonds. The third-order valence-corrected chi connectivity index (χ3v) is 6.66. The lowest BCUT2D eigenvalue weighted by Crippen LogP contribution is -2.32. The summed E-state index contributed by atoms with van der Waals surface area (Å²) in [5.74, 6) is 2.86. The van der Waals surface area contributed by atoms with Crippen molar-refractivity contribution in [2.24, 2.45) is 0 Å². The summed E-state index contributed by atoms with van der Waals surface area (Å²) < 4.78 is 22.9. The van der Waals surface area contributed by atoms with Crippen LogP contribution in [0.4, 0.5) is 0 Å². The first-order valence-corrected chi connectivity index (χ1v) is 11.5. The molecule has 0 saturated carbocycles. The highest BCUT2D eigenvalue weighted by Crippen LogP contribution is 2.43. The molecule has 3 aliphatic heterocycles. The van der Waals surface area contributed by atoms with Gasteiger partial charge in [0.05, 0.1) is 5.56 Å². The van der Waals surface area contributed by atoms with Crippen molar-refractivity contribution >= 4 is 35.1 Å². The quantitative estimate of drug-likeness (QED) is 0.415. The lowest BCUT2D eigenvalue weighted by Gasteiger charge is -2.30. The Morgan fingerprint density at radius 2 is 1.85 bits per heavy atom. The summed E-state index contributed by atoms with van der Waals surface area (Å²) in [6.07, 6.45) is 1.65. The van der Waals surface area contributed by atoms with E-state index in [-0.39, 0.29) is 18.3 Å². The third kappa shape index (κ3) is 3.68. The van der Waals surface area contributed by atoms with Gasteiger partial charge in [-0.3, -0.25) is 9.69 Å². The molecule has 0 unspecified atom stereocenters. The number of ketones is 1. The highest BCUT2D eigenvalue weighted by molar-refractivity contribution is 6.35. The van der Waals surface area contributed by atoms with Crippen molar-refractivity contribution in [1.82, 2.24) is 4.90 Å². The van der Waals surface area contributed by atoms with E-state index < -0.39 is 0 Å². The van der Waals surface area contributed by atoms with Crippen LogP contribution in [-0.2, 0) is 13.1 Å². The first-order valence-electron chi connectivity index (χ1n) is 10.8. The zero-order valence-electron chi connectivity index (χ0n) is 18.2. The molecule has 3 aromatic carbocycles. The summed E-state index contributed by atoms with van der Waals surface area (Å²) >= 11 is 12.3. The zero-order valence-corrected chi connectivity index (χ0v) is 19.7. The third-order valence-electron chi connectivity index (χ3n) is 6.09. The van der Waals surface area contributed by atoms with Gasteiger partial charge in [-0.25, -0.2) is 0 Å². The summed E-state index contributed by atoms with van der Waals surface area (Å²) in [5, 5.41) is 0.978. The highest BCUT2D eigenvalue weighted by atomic mass is 35.5. The Kier molecular flexibility index (Phi) is 5.17. The number of benzene rings is 3. The first kappa shape index (κ1) is 21.4. The predicted molar refractivity (Wildman–Crippen MR) is 128 cm³/mol. The summed E-state index contributed by atoms with van der Waals surface area (Å²) in [4.78, 5) is 15.3. The number of fused-ring (bicyclic) bond motifs is 3. The van der Waals surface area contributed by atoms with Crippen LogP contribution < -0.4 is 18.9 Å². The minimum Gasteiger partial charge on any atom is -0.477 e. The van der Waals surface area contributed by atoms with Gasteiger partial charge in [0.2, 0.25) is 12.6 Å². The normalized spacial score (nSPS) is 17.4. The van der Waals surface area contributed by atoms with Crippen LogP contribution in [0.25, 0.3) is 6.08 Å². The van der Waals surface area contributed by atoms with E-state index in [1.807, 2.05) is 31.2 Å². The van der Waals surface area contributed by atoms with Gasteiger partial charge in [0.15, 0.2) is 17.3 Å². The highest BCUT2D eigenvalue weighted by Gasteiger charge is 2.33. The van der Waals surface area contributed by atoms with E-state index >= 15 is 0 Å². The van der Waals surface area contributed by atoms with Crippen molar-refractivity contribution in [3.05, 3.63) is 86.1 Å². The second-order valence-electron chi connectivity index (χ2n) is 8.42. The van der Waals surface area contributed by atoms with E-state index in [0.717, 1.165) is 33.9 Å². The Balaban J connectivity index is 1.26. The average molecular weight is 496 g/mol. The molecule has 6 rings (SSSR count). The Hall–Kier alpha value is -3.19. The Bertz CT molecular complexity index is 1380. The van der Waals surface area contributed by atoms with E-state index in [9.17, 15) is 4.79 Å². The fourth-order valence-electron chi connectivity index (χ4n) is 4.46. The minimum absolute atomic E-state index is 0.181. The maximum Gasteiger partial charge on any atom is 0.231 e. The lowest BCUT2D eigenvalue weighted by atomic mass is 10.00. The second kappa shape index (κ2) is 8.24. The molecule has 0 fully saturated rings. The first-order chi connectivity index (χ1) is 16.5. The zero-order chi connectivity index (χ0) is 23.4. The number of rotatable bonds is 3. The van der Waals surface area contributed by atoms with Crippen LogP contribution >= 0.6 is 23.2 Å². The van der Waals surface area contributed by atoms with E-state index in [2.05, 4.69) is 4.90 Å². The molecular formula is C26H19Cl2NO5. The number of carbonyl (C=O) groups excluding carboxylic acids is 1. The van der Waals surface area contributed by atoms with Gasteiger partial charge in [-0.1, -0.05) is 35.3 Å². The fraction of sp³-hybridized carbons (Fsp3) is 0.192. The number of hydrogen-bond acceptors (Lipinski definition) is 6. The van der Waals surface area contributed by atoms with Crippen LogP contribution in [0.1, 0.15) is 32.6 Å². The number of halogens is 2. The van der Waals surface area contributed by atoms with Gasteiger partial charge in [-0.05, 0) is 54.5 Å².